The first-order valence-corrected chi connectivity index (χ1v) is 12.5. The minimum Gasteiger partial charge on any atom is -0.467 e. The number of ether oxygens (including phenoxy) is 4. The van der Waals surface area contributed by atoms with Gasteiger partial charge in [-0.25, -0.2) is 14.4 Å². The van der Waals surface area contributed by atoms with Crippen molar-refractivity contribution in [1.82, 2.24) is 0 Å². The fraction of sp³-hybridized carbons (Fsp3) is 0.731. The van der Waals surface area contributed by atoms with Gasteiger partial charge in [0, 0.05) is 29.7 Å². The van der Waals surface area contributed by atoms with Crippen LogP contribution in [-0.4, -0.2) is 83.4 Å². The van der Waals surface area contributed by atoms with E-state index in [0.29, 0.717) is 5.57 Å². The highest BCUT2D eigenvalue weighted by Gasteiger charge is 2.85. The normalized spacial score (nSPS) is 47.8. The van der Waals surface area contributed by atoms with E-state index in [1.807, 2.05) is 0 Å². The van der Waals surface area contributed by atoms with Crippen LogP contribution in [0.2, 0.25) is 0 Å². The van der Waals surface area contributed by atoms with Crippen LogP contribution in [0.4, 0.5) is 0 Å². The predicted octanol–water partition coefficient (Wildman–Crippen LogP) is -0.110. The number of ketones is 2. The number of methoxy groups -OCH3 is 1. The first kappa shape index (κ1) is 26.0. The molecule has 5 fully saturated rings. The third kappa shape index (κ3) is 3.07. The number of hydrogen-bond acceptors (Lipinski definition) is 11. The van der Waals surface area contributed by atoms with Gasteiger partial charge in [0.1, 0.15) is 12.2 Å². The maximum atomic E-state index is 13.4. The topological polar surface area (TPSA) is 163 Å². The van der Waals surface area contributed by atoms with Crippen LogP contribution < -0.4 is 0 Å². The lowest BCUT2D eigenvalue weighted by Gasteiger charge is -2.67. The van der Waals surface area contributed by atoms with Gasteiger partial charge in [0.15, 0.2) is 5.78 Å². The lowest BCUT2D eigenvalue weighted by atomic mass is 9.37. The summed E-state index contributed by atoms with van der Waals surface area (Å²) >= 11 is 0. The Kier molecular flexibility index (Phi) is 5.75. The highest BCUT2D eigenvalue weighted by Crippen LogP contribution is 2.72. The Balaban J connectivity index is 1.73. The fourth-order valence-corrected chi connectivity index (χ4v) is 8.45. The van der Waals surface area contributed by atoms with Crippen molar-refractivity contribution < 1.29 is 53.1 Å². The first-order chi connectivity index (χ1) is 17.3. The van der Waals surface area contributed by atoms with Crippen LogP contribution in [0.15, 0.2) is 11.6 Å². The van der Waals surface area contributed by atoms with Crippen molar-refractivity contribution in [1.29, 1.82) is 0 Å². The van der Waals surface area contributed by atoms with Crippen LogP contribution in [0.25, 0.3) is 0 Å². The average molecular weight is 521 g/mol. The summed E-state index contributed by atoms with van der Waals surface area (Å²) in [5, 5.41) is 23.1. The zero-order valence-corrected chi connectivity index (χ0v) is 21.4. The van der Waals surface area contributed by atoms with Crippen molar-refractivity contribution in [3.05, 3.63) is 11.6 Å². The highest BCUT2D eigenvalue weighted by molar-refractivity contribution is 6.38. The maximum Gasteiger partial charge on any atom is 0.348 e. The second-order valence-corrected chi connectivity index (χ2v) is 11.7. The summed E-state index contributed by atoms with van der Waals surface area (Å²) in [6.45, 7) is 6.53. The predicted molar refractivity (Wildman–Crippen MR) is 121 cm³/mol. The lowest BCUT2D eigenvalue weighted by Crippen LogP contribution is -2.79. The smallest absolute Gasteiger partial charge is 0.348 e. The second kappa shape index (κ2) is 8.18. The van der Waals surface area contributed by atoms with Gasteiger partial charge < -0.3 is 29.2 Å². The molecule has 2 heterocycles. The monoisotopic (exact) mass is 520 g/mol. The van der Waals surface area contributed by atoms with E-state index in [4.69, 9.17) is 18.9 Å². The van der Waals surface area contributed by atoms with Gasteiger partial charge in [-0.05, 0) is 31.6 Å². The Morgan fingerprint density at radius 1 is 1.14 bits per heavy atom. The molecule has 0 aromatic carbocycles. The van der Waals surface area contributed by atoms with Gasteiger partial charge in [0.25, 0.3) is 0 Å². The van der Waals surface area contributed by atoms with E-state index in [1.54, 1.807) is 27.7 Å². The quantitative estimate of drug-likeness (QED) is 0.221. The number of Topliss-reactive ketones (excluding diaryl/α,β-unsaturated/α-hetero) is 2. The molecule has 1 spiro atoms. The first-order valence-electron chi connectivity index (χ1n) is 12.5. The third-order valence-electron chi connectivity index (χ3n) is 9.69. The molecule has 0 amide bonds. The largest absolute Gasteiger partial charge is 0.467 e. The summed E-state index contributed by atoms with van der Waals surface area (Å²) in [4.78, 5) is 64.8. The molecule has 0 aromatic rings. The Labute approximate surface area is 213 Å². The molecule has 11 atom stereocenters. The average Bonchev–Trinajstić information content (AvgIpc) is 3.12. The molecule has 2 bridgehead atoms. The van der Waals surface area contributed by atoms with Crippen molar-refractivity contribution in [3.63, 3.8) is 0 Å². The Morgan fingerprint density at radius 3 is 2.43 bits per heavy atom. The Morgan fingerprint density at radius 2 is 1.81 bits per heavy atom. The summed E-state index contributed by atoms with van der Waals surface area (Å²) in [5.74, 6) is -7.24. The van der Waals surface area contributed by atoms with Gasteiger partial charge in [0.05, 0.1) is 25.7 Å². The molecule has 202 valence electrons. The van der Waals surface area contributed by atoms with Crippen LogP contribution in [0, 0.1) is 34.5 Å². The maximum absolute atomic E-state index is 13.4. The van der Waals surface area contributed by atoms with Crippen molar-refractivity contribution >= 4 is 29.5 Å². The number of rotatable bonds is 3. The van der Waals surface area contributed by atoms with Crippen LogP contribution in [0.1, 0.15) is 40.5 Å². The van der Waals surface area contributed by atoms with E-state index in [-0.39, 0.29) is 19.4 Å². The molecular weight excluding hydrogens is 488 g/mol. The second-order valence-electron chi connectivity index (χ2n) is 11.7. The Hall–Kier alpha value is -2.63. The molecule has 37 heavy (non-hydrogen) atoms. The van der Waals surface area contributed by atoms with E-state index in [9.17, 15) is 34.2 Å². The molecule has 11 heteroatoms. The molecule has 0 radical (unpaired) electrons. The SMILES string of the molecule is COC(=O)[C@@]12OC[C@]34[C@H]([C@@H](O)[C@@H]1O)[C@@]1(C)CC(=O)C(=O)C(C)[C@@H]1C[C@H]3OC(=O)[C@H](OC(=O)C=C(C)C)[C@@H]24. The highest BCUT2D eigenvalue weighted by atomic mass is 16.6. The number of fused-ring (bicyclic) bond motifs is 2. The molecule has 0 aromatic heterocycles. The number of carbonyl (C=O) groups is 5. The van der Waals surface area contributed by atoms with Gasteiger partial charge in [-0.15, -0.1) is 0 Å². The minimum atomic E-state index is -2.22. The Bertz CT molecular complexity index is 1120. The van der Waals surface area contributed by atoms with Crippen LogP contribution in [-0.2, 0) is 42.9 Å². The molecule has 11 nitrogen and oxygen atoms in total. The summed E-state index contributed by atoms with van der Waals surface area (Å²) in [6, 6.07) is 0. The van der Waals surface area contributed by atoms with E-state index in [2.05, 4.69) is 0 Å². The molecule has 2 aliphatic heterocycles. The van der Waals surface area contributed by atoms with Gasteiger partial charge in [-0.1, -0.05) is 19.4 Å². The molecule has 3 saturated carbocycles. The standard InChI is InChI=1S/C26H32O11/c1-10(2)6-15(28)37-18-20-25-9-35-26(20,23(33)34-5)21(31)17(30)19(25)24(4)8-13(27)16(29)11(3)12(24)7-14(25)36-22(18)32/h6,11-12,14,17-21,30-31H,7-9H2,1-5H3/t11?,12-,14+,17+,18+,19+,20+,21-,24-,25+,26-/m0/s1. The van der Waals surface area contributed by atoms with Crippen molar-refractivity contribution in [2.75, 3.05) is 13.7 Å². The number of aliphatic hydroxyl groups excluding tert-OH is 2. The summed E-state index contributed by atoms with van der Waals surface area (Å²) in [5.41, 5.74) is -3.92. The van der Waals surface area contributed by atoms with Crippen LogP contribution >= 0.6 is 0 Å². The number of allylic oxidation sites excluding steroid dienone is 1. The van der Waals surface area contributed by atoms with Gasteiger partial charge in [-0.3, -0.25) is 9.59 Å². The number of aliphatic hydroxyl groups is 2. The van der Waals surface area contributed by atoms with Gasteiger partial charge >= 0.3 is 17.9 Å². The van der Waals surface area contributed by atoms with Gasteiger partial charge in [0.2, 0.25) is 17.5 Å². The zero-order valence-electron chi connectivity index (χ0n) is 21.4. The third-order valence-corrected chi connectivity index (χ3v) is 9.69. The van der Waals surface area contributed by atoms with E-state index in [1.165, 1.54) is 6.08 Å². The van der Waals surface area contributed by atoms with Crippen LogP contribution in [0.3, 0.4) is 0 Å². The molecule has 1 unspecified atom stereocenters. The minimum absolute atomic E-state index is 0.174. The summed E-state index contributed by atoms with van der Waals surface area (Å²) < 4.78 is 22.5. The van der Waals surface area contributed by atoms with Crippen molar-refractivity contribution in [2.24, 2.45) is 34.5 Å². The molecule has 3 aliphatic carbocycles. The summed E-state index contributed by atoms with van der Waals surface area (Å²) in [6.07, 6.45) is -4.87. The lowest BCUT2D eigenvalue weighted by molar-refractivity contribution is -0.295. The molecular formula is C26H32O11. The molecule has 2 saturated heterocycles. The van der Waals surface area contributed by atoms with E-state index >= 15 is 0 Å². The fourth-order valence-electron chi connectivity index (χ4n) is 8.45. The van der Waals surface area contributed by atoms with Crippen molar-refractivity contribution in [2.45, 2.75) is 70.6 Å². The number of esters is 3. The van der Waals surface area contributed by atoms with Gasteiger partial charge in [-0.2, -0.15) is 0 Å². The zero-order chi connectivity index (χ0) is 27.2. The van der Waals surface area contributed by atoms with Crippen molar-refractivity contribution in [3.8, 4) is 0 Å². The number of hydrogen-bond donors (Lipinski definition) is 2. The molecule has 2 N–H and O–H groups in total. The molecule has 5 rings (SSSR count). The number of carbonyl (C=O) groups excluding carboxylic acids is 5. The van der Waals surface area contributed by atoms with E-state index < -0.39 is 94.0 Å². The molecule has 5 aliphatic rings. The summed E-state index contributed by atoms with van der Waals surface area (Å²) in [7, 11) is 1.09. The van der Waals surface area contributed by atoms with E-state index in [0.717, 1.165) is 7.11 Å². The van der Waals surface area contributed by atoms with Crippen LogP contribution in [0.5, 0.6) is 0 Å².